The molecule has 0 spiro atoms. The Hall–Kier alpha value is -4.24. The number of halogens is 4. The van der Waals surface area contributed by atoms with E-state index in [0.29, 0.717) is 74.4 Å². The first kappa shape index (κ1) is 30.4. The van der Waals surface area contributed by atoms with Crippen LogP contribution in [-0.4, -0.2) is 52.1 Å². The zero-order valence-corrected chi connectivity index (χ0v) is 29.3. The first-order valence-electron chi connectivity index (χ1n) is 13.4. The smallest absolute Gasteiger partial charge is 0.335 e. The molecule has 2 aliphatic rings. The number of nitrogens with one attached hydrogen (secondary N) is 2. The number of fused-ring (bicyclic) bond motifs is 8. The molecule has 46 heavy (non-hydrogen) atoms. The number of rotatable bonds is 4. The molecule has 2 aliphatic heterocycles. The minimum Gasteiger partial charge on any atom is -0.478 e. The van der Waals surface area contributed by atoms with Gasteiger partial charge in [-0.2, -0.15) is 0 Å². The van der Waals surface area contributed by atoms with E-state index in [1.165, 1.54) is 0 Å². The number of hydrogen-bond donors (Lipinski definition) is 4. The van der Waals surface area contributed by atoms with Crippen LogP contribution in [0.5, 0.6) is 0 Å². The van der Waals surface area contributed by atoms with Crippen LogP contribution in [0.4, 0.5) is 0 Å². The van der Waals surface area contributed by atoms with Gasteiger partial charge in [0.05, 0.1) is 51.5 Å². The molecular formula is C32H16Br4N6O4. The maximum absolute atomic E-state index is 11.5. The summed E-state index contributed by atoms with van der Waals surface area (Å²) in [6, 6.07) is 16.9. The van der Waals surface area contributed by atoms with Crippen molar-refractivity contribution in [3.05, 3.63) is 104 Å². The number of carboxylic acid groups (broad SMARTS) is 2. The zero-order chi connectivity index (χ0) is 32.3. The van der Waals surface area contributed by atoms with E-state index in [-0.39, 0.29) is 11.1 Å². The lowest BCUT2D eigenvalue weighted by molar-refractivity contribution is 0.0686. The lowest BCUT2D eigenvalue weighted by Gasteiger charge is -2.04. The van der Waals surface area contributed by atoms with Gasteiger partial charge in [-0.3, -0.25) is 0 Å². The fourth-order valence-corrected chi connectivity index (χ4v) is 6.73. The van der Waals surface area contributed by atoms with Gasteiger partial charge in [0.15, 0.2) is 11.6 Å². The molecule has 0 saturated carbocycles. The third-order valence-electron chi connectivity index (χ3n) is 7.23. The van der Waals surface area contributed by atoms with Crippen LogP contribution in [0, 0.1) is 0 Å². The minimum absolute atomic E-state index is 0.164. The highest BCUT2D eigenvalue weighted by Gasteiger charge is 2.20. The number of benzene rings is 2. The fourth-order valence-electron chi connectivity index (χ4n) is 5.10. The third-order valence-corrected chi connectivity index (χ3v) is 9.61. The Morgan fingerprint density at radius 1 is 0.565 bits per heavy atom. The third kappa shape index (κ3) is 5.55. The molecular weight excluding hydrogens is 852 g/mol. The van der Waals surface area contributed by atoms with Crippen LogP contribution in [0.3, 0.4) is 0 Å². The monoisotopic (exact) mass is 864 g/mol. The van der Waals surface area contributed by atoms with E-state index in [1.54, 1.807) is 48.5 Å². The standard InChI is InChI=1S/C32H16Br4N6O4/c33-17-9-21-25(13-1-5-15(6-2-13)31(43)44)22-10-18(34)28(38-22)42-30-20(36)12-24(40-30)26(14-3-7-16(8-4-14)32(45)46)23-11-19(35)29(39-23)41-27(17)37-21/h1-12H,(H,43,44)(H,45,46)(H,37,39,41)(H,38,40,42). The molecule has 4 N–H and O–H groups in total. The number of aromatic nitrogens is 6. The van der Waals surface area contributed by atoms with E-state index in [0.717, 1.165) is 11.1 Å². The molecule has 0 radical (unpaired) electrons. The van der Waals surface area contributed by atoms with Crippen molar-refractivity contribution in [1.82, 2.24) is 29.9 Å². The quantitative estimate of drug-likeness (QED) is 0.139. The topological polar surface area (TPSA) is 158 Å². The van der Waals surface area contributed by atoms with Crippen LogP contribution in [0.2, 0.25) is 0 Å². The first-order valence-corrected chi connectivity index (χ1v) is 16.5. The predicted molar refractivity (Wildman–Crippen MR) is 190 cm³/mol. The van der Waals surface area contributed by atoms with Crippen LogP contribution in [0.1, 0.15) is 43.8 Å². The van der Waals surface area contributed by atoms with Crippen molar-refractivity contribution in [3.8, 4) is 22.3 Å². The van der Waals surface area contributed by atoms with E-state index < -0.39 is 11.9 Å². The number of nitrogens with zero attached hydrogens (tertiary/aromatic N) is 4. The van der Waals surface area contributed by atoms with Crippen molar-refractivity contribution < 1.29 is 19.8 Å². The van der Waals surface area contributed by atoms with Gasteiger partial charge < -0.3 is 20.2 Å². The second-order valence-electron chi connectivity index (χ2n) is 10.1. The zero-order valence-electron chi connectivity index (χ0n) is 22.9. The SMILES string of the molecule is O=C(O)c1ccc(-c2c3nc(nc4[nH]c(cc4Br)c(-c4ccc(C(=O)O)cc4)c4nc(nc5[nH]c2cc5Br)C(Br)=C4)C(Br)=C3)cc1. The summed E-state index contributed by atoms with van der Waals surface area (Å²) in [5.41, 5.74) is 6.72. The van der Waals surface area contributed by atoms with Gasteiger partial charge in [-0.15, -0.1) is 0 Å². The summed E-state index contributed by atoms with van der Waals surface area (Å²) in [5, 5.41) is 18.9. The molecule has 5 heterocycles. The van der Waals surface area contributed by atoms with Crippen LogP contribution < -0.4 is 0 Å². The van der Waals surface area contributed by atoms with Crippen molar-refractivity contribution in [1.29, 1.82) is 0 Å². The van der Waals surface area contributed by atoms with E-state index >= 15 is 0 Å². The molecule has 7 rings (SSSR count). The number of carbonyl (C=O) groups is 2. The highest BCUT2D eigenvalue weighted by Crippen LogP contribution is 2.38. The number of H-pyrrole nitrogens is 2. The average Bonchev–Trinajstić information content (AvgIpc) is 3.77. The molecule has 0 unspecified atom stereocenters. The van der Waals surface area contributed by atoms with Crippen LogP contribution >= 0.6 is 63.7 Å². The molecule has 0 amide bonds. The average molecular weight is 868 g/mol. The maximum atomic E-state index is 11.5. The summed E-state index contributed by atoms with van der Waals surface area (Å²) >= 11 is 14.5. The van der Waals surface area contributed by atoms with Gasteiger partial charge in [0.2, 0.25) is 0 Å². The molecule has 0 fully saturated rings. The second-order valence-corrected chi connectivity index (χ2v) is 13.5. The van der Waals surface area contributed by atoms with E-state index in [2.05, 4.69) is 73.7 Å². The second kappa shape index (κ2) is 11.8. The molecule has 5 aromatic rings. The first-order chi connectivity index (χ1) is 22.0. The van der Waals surface area contributed by atoms with E-state index in [1.807, 2.05) is 24.3 Å². The molecule has 0 saturated heterocycles. The summed E-state index contributed by atoms with van der Waals surface area (Å²) in [7, 11) is 0. The minimum atomic E-state index is -1.02. The number of carboxylic acids is 2. The number of aromatic carboxylic acids is 2. The van der Waals surface area contributed by atoms with Crippen molar-refractivity contribution in [2.45, 2.75) is 0 Å². The predicted octanol–water partition coefficient (Wildman–Crippen LogP) is 9.15. The van der Waals surface area contributed by atoms with Crippen molar-refractivity contribution in [2.75, 3.05) is 0 Å². The normalized spacial score (nSPS) is 12.5. The number of aromatic amines is 2. The van der Waals surface area contributed by atoms with Crippen molar-refractivity contribution >= 4 is 119 Å². The van der Waals surface area contributed by atoms with E-state index in [9.17, 15) is 19.8 Å². The Bertz CT molecular complexity index is 2190. The number of hydrogen-bond acceptors (Lipinski definition) is 6. The molecule has 226 valence electrons. The lowest BCUT2D eigenvalue weighted by atomic mass is 10.0. The molecule has 14 heteroatoms. The van der Waals surface area contributed by atoms with Gasteiger partial charge in [0.25, 0.3) is 0 Å². The van der Waals surface area contributed by atoms with Crippen LogP contribution in [-0.2, 0) is 0 Å². The summed E-state index contributed by atoms with van der Waals surface area (Å²) in [4.78, 5) is 49.2. The van der Waals surface area contributed by atoms with Gasteiger partial charge in [0, 0.05) is 11.1 Å². The van der Waals surface area contributed by atoms with Crippen molar-refractivity contribution in [3.63, 3.8) is 0 Å². The molecule has 0 aliphatic carbocycles. The summed E-state index contributed by atoms with van der Waals surface area (Å²) in [5.74, 6) is -1.21. The summed E-state index contributed by atoms with van der Waals surface area (Å²) in [6.45, 7) is 0. The van der Waals surface area contributed by atoms with Crippen LogP contribution in [0.25, 0.3) is 65.7 Å². The van der Waals surface area contributed by atoms with E-state index in [4.69, 9.17) is 19.9 Å². The van der Waals surface area contributed by atoms with Gasteiger partial charge in [-0.1, -0.05) is 24.3 Å². The molecule has 8 bridgehead atoms. The van der Waals surface area contributed by atoms with Crippen LogP contribution in [0.15, 0.2) is 69.6 Å². The molecule has 0 atom stereocenters. The van der Waals surface area contributed by atoms with Gasteiger partial charge >= 0.3 is 11.9 Å². The molecule has 3 aromatic heterocycles. The Morgan fingerprint density at radius 3 is 1.28 bits per heavy atom. The maximum Gasteiger partial charge on any atom is 0.335 e. The fraction of sp³-hybridized carbons (Fsp3) is 0. The Balaban J connectivity index is 1.59. The molecule has 10 nitrogen and oxygen atoms in total. The largest absolute Gasteiger partial charge is 0.478 e. The van der Waals surface area contributed by atoms with Gasteiger partial charge in [-0.05, 0) is 123 Å². The Morgan fingerprint density at radius 2 is 0.935 bits per heavy atom. The highest BCUT2D eigenvalue weighted by atomic mass is 79.9. The van der Waals surface area contributed by atoms with Crippen molar-refractivity contribution in [2.24, 2.45) is 0 Å². The van der Waals surface area contributed by atoms with Gasteiger partial charge in [0.1, 0.15) is 11.3 Å². The highest BCUT2D eigenvalue weighted by molar-refractivity contribution is 9.15. The Labute approximate surface area is 292 Å². The molecule has 2 aromatic carbocycles. The van der Waals surface area contributed by atoms with Gasteiger partial charge in [-0.25, -0.2) is 29.5 Å². The Kier molecular flexibility index (Phi) is 7.83. The summed E-state index contributed by atoms with van der Waals surface area (Å²) < 4.78 is 2.63. The summed E-state index contributed by atoms with van der Waals surface area (Å²) in [6.07, 6.45) is 3.70. The lowest BCUT2D eigenvalue weighted by Crippen LogP contribution is -1.95.